The summed E-state index contributed by atoms with van der Waals surface area (Å²) in [5.74, 6) is 1.45. The first kappa shape index (κ1) is 18.1. The fourth-order valence-corrected chi connectivity index (χ4v) is 1.87. The van der Waals surface area contributed by atoms with Crippen LogP contribution in [0.3, 0.4) is 0 Å². The molecule has 0 aliphatic carbocycles. The molecule has 1 aliphatic heterocycles. The zero-order valence-corrected chi connectivity index (χ0v) is 13.3. The number of hydrogen-bond acceptors (Lipinski definition) is 3. The molecule has 1 unspecified atom stereocenters. The van der Waals surface area contributed by atoms with Gasteiger partial charge in [-0.15, -0.1) is 0 Å². The Bertz CT molecular complexity index is 285. The smallest absolute Gasteiger partial charge is 0.240 e. The number of nitrogens with zero attached hydrogens (tertiary/aromatic N) is 1. The second kappa shape index (κ2) is 9.08. The van der Waals surface area contributed by atoms with Gasteiger partial charge in [0.05, 0.1) is 12.6 Å². The quantitative estimate of drug-likeness (QED) is 0.851. The van der Waals surface area contributed by atoms with Crippen LogP contribution >= 0.6 is 0 Å². The molecule has 0 spiro atoms. The average Bonchev–Trinajstić information content (AvgIpc) is 2.22. The van der Waals surface area contributed by atoms with Crippen LogP contribution in [-0.2, 0) is 9.59 Å². The third-order valence-electron chi connectivity index (χ3n) is 2.50. The van der Waals surface area contributed by atoms with E-state index in [-0.39, 0.29) is 24.3 Å². The van der Waals surface area contributed by atoms with Crippen LogP contribution in [0.5, 0.6) is 0 Å². The molecule has 1 saturated heterocycles. The summed E-state index contributed by atoms with van der Waals surface area (Å²) < 4.78 is 0. The van der Waals surface area contributed by atoms with Gasteiger partial charge in [0.2, 0.25) is 5.91 Å². The Morgan fingerprint density at radius 1 is 1.32 bits per heavy atom. The van der Waals surface area contributed by atoms with E-state index < -0.39 is 0 Å². The van der Waals surface area contributed by atoms with Crippen molar-refractivity contribution in [2.45, 2.75) is 54.0 Å². The maximum Gasteiger partial charge on any atom is 0.240 e. The molecule has 0 saturated carbocycles. The fourth-order valence-electron chi connectivity index (χ4n) is 1.87. The molecular weight excluding hydrogens is 240 g/mol. The van der Waals surface area contributed by atoms with Gasteiger partial charge in [-0.05, 0) is 25.2 Å². The maximum absolute atomic E-state index is 11.9. The Morgan fingerprint density at radius 2 is 1.84 bits per heavy atom. The summed E-state index contributed by atoms with van der Waals surface area (Å²) in [5, 5.41) is 3.20. The van der Waals surface area contributed by atoms with Crippen molar-refractivity contribution in [3.05, 3.63) is 0 Å². The van der Waals surface area contributed by atoms with E-state index >= 15 is 0 Å². The largest absolute Gasteiger partial charge is 0.333 e. The normalized spacial score (nSPS) is 19.5. The first-order chi connectivity index (χ1) is 8.73. The van der Waals surface area contributed by atoms with E-state index in [1.165, 1.54) is 6.92 Å². The van der Waals surface area contributed by atoms with E-state index in [1.807, 2.05) is 0 Å². The number of ketones is 1. The number of carbonyl (C=O) groups excluding carboxylic acids is 2. The van der Waals surface area contributed by atoms with Gasteiger partial charge < -0.3 is 10.2 Å². The Labute approximate surface area is 117 Å². The molecule has 0 aromatic rings. The molecule has 19 heavy (non-hydrogen) atoms. The van der Waals surface area contributed by atoms with Crippen LogP contribution in [0.4, 0.5) is 0 Å². The topological polar surface area (TPSA) is 49.4 Å². The highest BCUT2D eigenvalue weighted by Crippen LogP contribution is 2.10. The molecule has 112 valence electrons. The monoisotopic (exact) mass is 270 g/mol. The van der Waals surface area contributed by atoms with Gasteiger partial charge in [-0.25, -0.2) is 0 Å². The fraction of sp³-hybridized carbons (Fsp3) is 0.867. The van der Waals surface area contributed by atoms with Gasteiger partial charge in [0.25, 0.3) is 0 Å². The van der Waals surface area contributed by atoms with Crippen LogP contribution in [0.25, 0.3) is 0 Å². The van der Waals surface area contributed by atoms with Crippen LogP contribution in [0.15, 0.2) is 0 Å². The number of piperazine rings is 1. The molecule has 0 bridgehead atoms. The summed E-state index contributed by atoms with van der Waals surface area (Å²) in [7, 11) is 0. The van der Waals surface area contributed by atoms with Gasteiger partial charge >= 0.3 is 0 Å². The number of Topliss-reactive ketones (excluding diaryl/α,β-unsaturated/α-hetero) is 1. The predicted molar refractivity (Wildman–Crippen MR) is 79.0 cm³/mol. The van der Waals surface area contributed by atoms with Crippen LogP contribution in [-0.4, -0.2) is 42.3 Å². The van der Waals surface area contributed by atoms with Gasteiger partial charge in [-0.3, -0.25) is 9.59 Å². The number of rotatable bonds is 4. The van der Waals surface area contributed by atoms with E-state index in [4.69, 9.17) is 0 Å². The van der Waals surface area contributed by atoms with Crippen molar-refractivity contribution >= 4 is 11.7 Å². The van der Waals surface area contributed by atoms with Crippen LogP contribution in [0, 0.1) is 11.8 Å². The molecule has 1 atom stereocenters. The molecule has 4 heteroatoms. The van der Waals surface area contributed by atoms with Crippen LogP contribution < -0.4 is 5.32 Å². The van der Waals surface area contributed by atoms with Crippen molar-refractivity contribution in [1.82, 2.24) is 10.2 Å². The first-order valence-corrected chi connectivity index (χ1v) is 7.25. The number of amides is 1. The molecule has 1 N–H and O–H groups in total. The molecule has 1 fully saturated rings. The van der Waals surface area contributed by atoms with Gasteiger partial charge in [0.1, 0.15) is 5.78 Å². The van der Waals surface area contributed by atoms with Crippen LogP contribution in [0.2, 0.25) is 0 Å². The van der Waals surface area contributed by atoms with Crippen molar-refractivity contribution in [3.8, 4) is 0 Å². The standard InChI is InChI=1S/C11H20N2O2.C4H10/c1-8(2)6-10-11(15)13(5-4-12-10)7-9(3)14;1-4(2)3/h8,10,12H,4-7H2,1-3H3;4H,1-3H3. The van der Waals surface area contributed by atoms with Gasteiger partial charge in [0, 0.05) is 13.1 Å². The van der Waals surface area contributed by atoms with Crippen molar-refractivity contribution in [3.63, 3.8) is 0 Å². The van der Waals surface area contributed by atoms with Gasteiger partial charge in [-0.2, -0.15) is 0 Å². The molecule has 0 aromatic heterocycles. The number of nitrogens with one attached hydrogen (secondary N) is 1. The highest BCUT2D eigenvalue weighted by atomic mass is 16.2. The average molecular weight is 270 g/mol. The second-order valence-corrected chi connectivity index (χ2v) is 6.33. The van der Waals surface area contributed by atoms with Crippen molar-refractivity contribution in [2.75, 3.05) is 19.6 Å². The minimum atomic E-state index is -0.0990. The SMILES string of the molecule is CC(=O)CN1CCNC(CC(C)C)C1=O.CC(C)C. The second-order valence-electron chi connectivity index (χ2n) is 6.33. The molecular formula is C15H30N2O2. The summed E-state index contributed by atoms with van der Waals surface area (Å²) >= 11 is 0. The molecule has 1 rings (SSSR count). The Balaban J connectivity index is 0.000000711. The summed E-state index contributed by atoms with van der Waals surface area (Å²) in [5.41, 5.74) is 0. The molecule has 1 amide bonds. The van der Waals surface area contributed by atoms with Gasteiger partial charge in [-0.1, -0.05) is 34.6 Å². The summed E-state index contributed by atoms with van der Waals surface area (Å²) in [6.07, 6.45) is 0.841. The first-order valence-electron chi connectivity index (χ1n) is 7.25. The van der Waals surface area contributed by atoms with E-state index in [1.54, 1.807) is 4.90 Å². The number of carbonyl (C=O) groups is 2. The van der Waals surface area contributed by atoms with Crippen molar-refractivity contribution < 1.29 is 9.59 Å². The lowest BCUT2D eigenvalue weighted by Crippen LogP contribution is -2.56. The summed E-state index contributed by atoms with van der Waals surface area (Å²) in [6.45, 7) is 13.9. The lowest BCUT2D eigenvalue weighted by atomic mass is 10.0. The van der Waals surface area contributed by atoms with Crippen molar-refractivity contribution in [1.29, 1.82) is 0 Å². The minimum Gasteiger partial charge on any atom is -0.333 e. The molecule has 1 heterocycles. The Kier molecular flexibility index (Phi) is 8.65. The summed E-state index contributed by atoms with van der Waals surface area (Å²) in [6, 6.07) is -0.0990. The zero-order valence-electron chi connectivity index (χ0n) is 13.3. The third kappa shape index (κ3) is 8.76. The molecule has 1 aliphatic rings. The van der Waals surface area contributed by atoms with E-state index in [0.29, 0.717) is 12.5 Å². The number of hydrogen-bond donors (Lipinski definition) is 1. The lowest BCUT2D eigenvalue weighted by molar-refractivity contribution is -0.139. The maximum atomic E-state index is 11.9. The van der Waals surface area contributed by atoms with Gasteiger partial charge in [0.15, 0.2) is 0 Å². The Hall–Kier alpha value is -0.900. The highest BCUT2D eigenvalue weighted by Gasteiger charge is 2.28. The van der Waals surface area contributed by atoms with Crippen LogP contribution in [0.1, 0.15) is 48.0 Å². The zero-order chi connectivity index (χ0) is 15.0. The lowest BCUT2D eigenvalue weighted by Gasteiger charge is -2.33. The summed E-state index contributed by atoms with van der Waals surface area (Å²) in [4.78, 5) is 24.5. The van der Waals surface area contributed by atoms with E-state index in [9.17, 15) is 9.59 Å². The molecule has 4 nitrogen and oxygen atoms in total. The highest BCUT2D eigenvalue weighted by molar-refractivity contribution is 5.87. The van der Waals surface area contributed by atoms with Crippen molar-refractivity contribution in [2.24, 2.45) is 11.8 Å². The minimum absolute atomic E-state index is 0.0496. The molecule has 0 radical (unpaired) electrons. The van der Waals surface area contributed by atoms with E-state index in [2.05, 4.69) is 39.9 Å². The molecule has 0 aromatic carbocycles. The predicted octanol–water partition coefficient (Wildman–Crippen LogP) is 2.08. The third-order valence-corrected chi connectivity index (χ3v) is 2.50. The Morgan fingerprint density at radius 3 is 2.26 bits per heavy atom. The van der Waals surface area contributed by atoms with E-state index in [0.717, 1.165) is 18.9 Å².